The van der Waals surface area contributed by atoms with Crippen LogP contribution in [0, 0.1) is 0 Å². The van der Waals surface area contributed by atoms with Crippen LogP contribution in [-0.2, 0) is 17.6 Å². The van der Waals surface area contributed by atoms with Crippen molar-refractivity contribution >= 4 is 11.7 Å². The molecule has 1 aliphatic rings. The number of aromatic nitrogens is 1. The van der Waals surface area contributed by atoms with Crippen LogP contribution in [0.15, 0.2) is 53.8 Å². The van der Waals surface area contributed by atoms with E-state index in [-0.39, 0.29) is 25.2 Å². The van der Waals surface area contributed by atoms with Gasteiger partial charge < -0.3 is 15.1 Å². The van der Waals surface area contributed by atoms with E-state index in [2.05, 4.69) is 15.5 Å². The van der Waals surface area contributed by atoms with Crippen molar-refractivity contribution in [2.24, 2.45) is 5.16 Å². The normalized spacial score (nSPS) is 16.1. The van der Waals surface area contributed by atoms with Crippen LogP contribution in [0.5, 0.6) is 0 Å². The third kappa shape index (κ3) is 5.46. The van der Waals surface area contributed by atoms with Gasteiger partial charge in [-0.2, -0.15) is 13.2 Å². The van der Waals surface area contributed by atoms with Gasteiger partial charge >= 0.3 is 12.2 Å². The molecular weight excluding hydrogens is 385 g/mol. The average Bonchev–Trinajstić information content (AvgIpc) is 3.17. The Labute approximate surface area is 166 Å². The van der Waals surface area contributed by atoms with Gasteiger partial charge in [0.05, 0.1) is 17.8 Å². The Morgan fingerprint density at radius 2 is 2.00 bits per heavy atom. The Kier molecular flexibility index (Phi) is 6.36. The van der Waals surface area contributed by atoms with Gasteiger partial charge in [-0.3, -0.25) is 4.98 Å². The number of hydrogen-bond acceptors (Lipinski definition) is 4. The molecule has 1 aromatic carbocycles. The van der Waals surface area contributed by atoms with E-state index in [1.165, 1.54) is 17.0 Å². The van der Waals surface area contributed by atoms with E-state index in [1.807, 2.05) is 12.1 Å². The van der Waals surface area contributed by atoms with Crippen molar-refractivity contribution in [1.29, 1.82) is 0 Å². The van der Waals surface area contributed by atoms with Gasteiger partial charge in [0, 0.05) is 25.7 Å². The summed E-state index contributed by atoms with van der Waals surface area (Å²) < 4.78 is 38.2. The van der Waals surface area contributed by atoms with Crippen LogP contribution in [0.3, 0.4) is 0 Å². The molecule has 0 aliphatic carbocycles. The van der Waals surface area contributed by atoms with Crippen molar-refractivity contribution in [2.75, 3.05) is 13.1 Å². The third-order valence-electron chi connectivity index (χ3n) is 4.39. The Morgan fingerprint density at radius 3 is 2.62 bits per heavy atom. The van der Waals surface area contributed by atoms with Crippen LogP contribution in [0.25, 0.3) is 0 Å². The summed E-state index contributed by atoms with van der Waals surface area (Å²) >= 11 is 0. The predicted octanol–water partition coefficient (Wildman–Crippen LogP) is 3.83. The maximum Gasteiger partial charge on any atom is 0.416 e. The molecule has 9 heteroatoms. The maximum atomic E-state index is 12.7. The summed E-state index contributed by atoms with van der Waals surface area (Å²) in [6.07, 6.45) is -2.60. The summed E-state index contributed by atoms with van der Waals surface area (Å²) in [7, 11) is 0. The lowest BCUT2D eigenvalue weighted by Crippen LogP contribution is -2.43. The Morgan fingerprint density at radius 1 is 1.24 bits per heavy atom. The first-order valence-electron chi connectivity index (χ1n) is 9.20. The number of oxime groups is 1. The van der Waals surface area contributed by atoms with Crippen molar-refractivity contribution in [1.82, 2.24) is 15.2 Å². The SMILES string of the molecule is CCNC(=O)N(Cc1ccc(C(F)(F)F)cc1)C[C@H]1CC(c2ccccn2)=NO1. The summed E-state index contributed by atoms with van der Waals surface area (Å²) in [5.74, 6) is 0. The fourth-order valence-corrected chi connectivity index (χ4v) is 2.96. The third-order valence-corrected chi connectivity index (χ3v) is 4.39. The number of nitrogens with zero attached hydrogens (tertiary/aromatic N) is 3. The minimum Gasteiger partial charge on any atom is -0.390 e. The lowest BCUT2D eigenvalue weighted by atomic mass is 10.1. The lowest BCUT2D eigenvalue weighted by molar-refractivity contribution is -0.137. The molecule has 0 fully saturated rings. The first-order chi connectivity index (χ1) is 13.9. The first-order valence-corrected chi connectivity index (χ1v) is 9.20. The second-order valence-electron chi connectivity index (χ2n) is 6.60. The summed E-state index contributed by atoms with van der Waals surface area (Å²) in [6, 6.07) is 9.94. The second kappa shape index (κ2) is 8.93. The number of pyridine rings is 1. The Bertz CT molecular complexity index is 854. The highest BCUT2D eigenvalue weighted by molar-refractivity contribution is 5.99. The van der Waals surface area contributed by atoms with Crippen LogP contribution in [-0.4, -0.2) is 40.8 Å². The number of rotatable bonds is 6. The molecule has 6 nitrogen and oxygen atoms in total. The van der Waals surface area contributed by atoms with Crippen molar-refractivity contribution in [3.8, 4) is 0 Å². The maximum absolute atomic E-state index is 12.7. The molecule has 0 saturated carbocycles. The minimum atomic E-state index is -4.39. The van der Waals surface area contributed by atoms with Gasteiger partial charge in [0.1, 0.15) is 5.71 Å². The molecule has 0 unspecified atom stereocenters. The molecule has 29 heavy (non-hydrogen) atoms. The van der Waals surface area contributed by atoms with E-state index in [0.29, 0.717) is 29.9 Å². The van der Waals surface area contributed by atoms with E-state index in [4.69, 9.17) is 4.84 Å². The zero-order valence-electron chi connectivity index (χ0n) is 15.8. The van der Waals surface area contributed by atoms with E-state index in [1.54, 1.807) is 19.2 Å². The van der Waals surface area contributed by atoms with Crippen LogP contribution >= 0.6 is 0 Å². The molecule has 1 aliphatic heterocycles. The summed E-state index contributed by atoms with van der Waals surface area (Å²) in [4.78, 5) is 23.6. The first kappa shape index (κ1) is 20.6. The van der Waals surface area contributed by atoms with Crippen molar-refractivity contribution in [3.63, 3.8) is 0 Å². The number of carbonyl (C=O) groups is 1. The molecule has 2 aromatic rings. The molecule has 1 aromatic heterocycles. The van der Waals surface area contributed by atoms with E-state index in [0.717, 1.165) is 12.1 Å². The number of hydrogen-bond donors (Lipinski definition) is 1. The van der Waals surface area contributed by atoms with Crippen molar-refractivity contribution < 1.29 is 22.8 Å². The number of carbonyl (C=O) groups excluding carboxylic acids is 1. The van der Waals surface area contributed by atoms with Gasteiger partial charge in [0.25, 0.3) is 0 Å². The molecule has 1 N–H and O–H groups in total. The molecule has 0 bridgehead atoms. The highest BCUT2D eigenvalue weighted by Crippen LogP contribution is 2.29. The summed E-state index contributed by atoms with van der Waals surface area (Å²) in [5.41, 5.74) is 1.27. The van der Waals surface area contributed by atoms with Crippen LogP contribution in [0.2, 0.25) is 0 Å². The number of nitrogens with one attached hydrogen (secondary N) is 1. The Hall–Kier alpha value is -3.10. The molecule has 0 radical (unpaired) electrons. The zero-order valence-corrected chi connectivity index (χ0v) is 15.8. The smallest absolute Gasteiger partial charge is 0.390 e. The molecular formula is C20H21F3N4O2. The van der Waals surface area contributed by atoms with Crippen LogP contribution < -0.4 is 5.32 Å². The number of amides is 2. The fraction of sp³-hybridized carbons (Fsp3) is 0.350. The zero-order chi connectivity index (χ0) is 20.9. The summed E-state index contributed by atoms with van der Waals surface area (Å²) in [6.45, 7) is 2.63. The average molecular weight is 406 g/mol. The van der Waals surface area contributed by atoms with E-state index >= 15 is 0 Å². The molecule has 154 valence electrons. The largest absolute Gasteiger partial charge is 0.416 e. The minimum absolute atomic E-state index is 0.156. The highest BCUT2D eigenvalue weighted by atomic mass is 19.4. The van der Waals surface area contributed by atoms with E-state index < -0.39 is 11.7 Å². The van der Waals surface area contributed by atoms with Gasteiger partial charge in [-0.25, -0.2) is 4.79 Å². The van der Waals surface area contributed by atoms with Gasteiger partial charge in [0.2, 0.25) is 0 Å². The highest BCUT2D eigenvalue weighted by Gasteiger charge is 2.30. The monoisotopic (exact) mass is 406 g/mol. The molecule has 0 spiro atoms. The topological polar surface area (TPSA) is 66.8 Å². The molecule has 3 rings (SSSR count). The van der Waals surface area contributed by atoms with Crippen molar-refractivity contribution in [2.45, 2.75) is 32.2 Å². The number of halogens is 3. The van der Waals surface area contributed by atoms with Crippen molar-refractivity contribution in [3.05, 3.63) is 65.5 Å². The van der Waals surface area contributed by atoms with Gasteiger partial charge in [0.15, 0.2) is 6.10 Å². The standard InChI is InChI=1S/C20H21F3N4O2/c1-2-24-19(28)27(12-14-6-8-15(9-7-14)20(21,22)23)13-16-11-18(26-29-16)17-5-3-4-10-25-17/h3-10,16H,2,11-13H2,1H3,(H,24,28)/t16-/m1/s1. The quantitative estimate of drug-likeness (QED) is 0.793. The second-order valence-corrected chi connectivity index (χ2v) is 6.60. The van der Waals surface area contributed by atoms with Gasteiger partial charge in [-0.15, -0.1) is 0 Å². The molecule has 2 heterocycles. The van der Waals surface area contributed by atoms with Gasteiger partial charge in [-0.1, -0.05) is 23.4 Å². The predicted molar refractivity (Wildman–Crippen MR) is 101 cm³/mol. The van der Waals surface area contributed by atoms with Gasteiger partial charge in [-0.05, 0) is 36.8 Å². The molecule has 1 atom stereocenters. The number of urea groups is 1. The molecule has 0 saturated heterocycles. The van der Waals surface area contributed by atoms with Crippen LogP contribution in [0.4, 0.5) is 18.0 Å². The fourth-order valence-electron chi connectivity index (χ4n) is 2.96. The molecule has 2 amide bonds. The van der Waals surface area contributed by atoms with Crippen LogP contribution in [0.1, 0.15) is 30.2 Å². The van der Waals surface area contributed by atoms with E-state index in [9.17, 15) is 18.0 Å². The number of alkyl halides is 3. The summed E-state index contributed by atoms with van der Waals surface area (Å²) in [5, 5.41) is 6.78. The Balaban J connectivity index is 1.66. The number of benzene rings is 1. The lowest BCUT2D eigenvalue weighted by Gasteiger charge is -2.25.